The minimum Gasteiger partial charge on any atom is -0.508 e. The molecular weight excluding hydrogens is 346 g/mol. The number of rotatable bonds is 2. The quantitative estimate of drug-likeness (QED) is 0.716. The van der Waals surface area contributed by atoms with Crippen LogP contribution in [0.2, 0.25) is 0 Å². The minimum atomic E-state index is -0.236. The van der Waals surface area contributed by atoms with Crippen LogP contribution in [-0.2, 0) is 0 Å². The molecule has 1 heterocycles. The standard InChI is InChI=1S/C16H12BrN3O2/c1-10-19-15-6-5-12(17)8-14(15)16(22)20(10)18-9-11-3-2-4-13(21)7-11/h2-9,21H,1H3. The Hall–Kier alpha value is -2.47. The molecule has 1 aromatic heterocycles. The number of benzene rings is 2. The molecule has 0 saturated carbocycles. The van der Waals surface area contributed by atoms with E-state index in [1.807, 2.05) is 6.07 Å². The SMILES string of the molecule is Cc1nc2ccc(Br)cc2c(=O)n1N=Cc1cccc(O)c1. The summed E-state index contributed by atoms with van der Waals surface area (Å²) in [6, 6.07) is 12.0. The van der Waals surface area contributed by atoms with Gasteiger partial charge >= 0.3 is 0 Å². The van der Waals surface area contributed by atoms with Crippen LogP contribution in [0.4, 0.5) is 0 Å². The number of phenols is 1. The molecule has 0 amide bonds. The Bertz CT molecular complexity index is 948. The summed E-state index contributed by atoms with van der Waals surface area (Å²) in [5, 5.41) is 14.1. The van der Waals surface area contributed by atoms with Crippen LogP contribution in [0.25, 0.3) is 10.9 Å². The van der Waals surface area contributed by atoms with Gasteiger partial charge < -0.3 is 5.11 Å². The van der Waals surface area contributed by atoms with Gasteiger partial charge in [-0.15, -0.1) is 0 Å². The predicted octanol–water partition coefficient (Wildman–Crippen LogP) is 3.06. The van der Waals surface area contributed by atoms with Crippen molar-refractivity contribution in [2.24, 2.45) is 5.10 Å². The highest BCUT2D eigenvalue weighted by Crippen LogP contribution is 2.16. The van der Waals surface area contributed by atoms with Gasteiger partial charge in [0, 0.05) is 4.47 Å². The summed E-state index contributed by atoms with van der Waals surface area (Å²) in [6.07, 6.45) is 1.51. The molecular formula is C16H12BrN3O2. The molecule has 1 N–H and O–H groups in total. The minimum absolute atomic E-state index is 0.147. The highest BCUT2D eigenvalue weighted by Gasteiger charge is 2.07. The molecule has 0 aliphatic heterocycles. The Morgan fingerprint density at radius 3 is 2.86 bits per heavy atom. The van der Waals surface area contributed by atoms with Crippen molar-refractivity contribution < 1.29 is 5.11 Å². The molecule has 5 nitrogen and oxygen atoms in total. The summed E-state index contributed by atoms with van der Waals surface area (Å²) < 4.78 is 2.06. The molecule has 0 spiro atoms. The van der Waals surface area contributed by atoms with E-state index in [-0.39, 0.29) is 11.3 Å². The van der Waals surface area contributed by atoms with Crippen molar-refractivity contribution in [3.05, 3.63) is 68.7 Å². The smallest absolute Gasteiger partial charge is 0.282 e. The van der Waals surface area contributed by atoms with Gasteiger partial charge in [-0.2, -0.15) is 9.78 Å². The maximum atomic E-state index is 12.5. The third-order valence-corrected chi connectivity index (χ3v) is 3.66. The van der Waals surface area contributed by atoms with Crippen LogP contribution >= 0.6 is 15.9 Å². The highest BCUT2D eigenvalue weighted by atomic mass is 79.9. The van der Waals surface area contributed by atoms with Crippen LogP contribution < -0.4 is 5.56 Å². The van der Waals surface area contributed by atoms with E-state index in [4.69, 9.17) is 0 Å². The van der Waals surface area contributed by atoms with Gasteiger partial charge in [0.15, 0.2) is 0 Å². The van der Waals surface area contributed by atoms with Gasteiger partial charge in [-0.25, -0.2) is 4.98 Å². The topological polar surface area (TPSA) is 67.5 Å². The van der Waals surface area contributed by atoms with E-state index in [9.17, 15) is 9.90 Å². The van der Waals surface area contributed by atoms with Gasteiger partial charge in [0.25, 0.3) is 5.56 Å². The van der Waals surface area contributed by atoms with Crippen molar-refractivity contribution in [2.45, 2.75) is 6.92 Å². The number of aromatic nitrogens is 2. The van der Waals surface area contributed by atoms with Crippen molar-refractivity contribution in [3.8, 4) is 5.75 Å². The first-order chi connectivity index (χ1) is 10.5. The van der Waals surface area contributed by atoms with Crippen LogP contribution in [0.1, 0.15) is 11.4 Å². The zero-order valence-corrected chi connectivity index (χ0v) is 13.3. The number of fused-ring (bicyclic) bond motifs is 1. The molecule has 0 saturated heterocycles. The maximum Gasteiger partial charge on any atom is 0.282 e. The fourth-order valence-electron chi connectivity index (χ4n) is 2.13. The number of halogens is 1. The van der Waals surface area contributed by atoms with E-state index in [0.717, 1.165) is 4.47 Å². The molecule has 0 unspecified atom stereocenters. The zero-order chi connectivity index (χ0) is 15.7. The third-order valence-electron chi connectivity index (χ3n) is 3.16. The van der Waals surface area contributed by atoms with Gasteiger partial charge in [-0.05, 0) is 42.8 Å². The van der Waals surface area contributed by atoms with E-state index >= 15 is 0 Å². The highest BCUT2D eigenvalue weighted by molar-refractivity contribution is 9.10. The van der Waals surface area contributed by atoms with E-state index in [2.05, 4.69) is 26.0 Å². The Labute approximate surface area is 134 Å². The molecule has 0 aliphatic carbocycles. The average Bonchev–Trinajstić information content (AvgIpc) is 2.48. The van der Waals surface area contributed by atoms with Crippen LogP contribution in [0.15, 0.2) is 56.8 Å². The fourth-order valence-corrected chi connectivity index (χ4v) is 2.49. The maximum absolute atomic E-state index is 12.5. The largest absolute Gasteiger partial charge is 0.508 e. The summed E-state index contributed by atoms with van der Waals surface area (Å²) in [4.78, 5) is 16.9. The molecule has 3 aromatic rings. The second kappa shape index (κ2) is 5.73. The number of phenolic OH excluding ortho intramolecular Hbond substituents is 1. The Morgan fingerprint density at radius 2 is 2.09 bits per heavy atom. The molecule has 3 rings (SSSR count). The summed E-state index contributed by atoms with van der Waals surface area (Å²) >= 11 is 3.35. The Morgan fingerprint density at radius 1 is 1.27 bits per heavy atom. The molecule has 0 fully saturated rings. The van der Waals surface area contributed by atoms with Gasteiger partial charge in [0.05, 0.1) is 17.1 Å². The molecule has 0 radical (unpaired) electrons. The van der Waals surface area contributed by atoms with Gasteiger partial charge in [0.1, 0.15) is 11.6 Å². The second-order valence-corrected chi connectivity index (χ2v) is 5.69. The molecule has 110 valence electrons. The van der Waals surface area contributed by atoms with Crippen LogP contribution in [0, 0.1) is 6.92 Å². The van der Waals surface area contributed by atoms with Gasteiger partial charge in [0.2, 0.25) is 0 Å². The van der Waals surface area contributed by atoms with Crippen LogP contribution in [0.5, 0.6) is 5.75 Å². The van der Waals surface area contributed by atoms with Crippen molar-refractivity contribution in [2.75, 3.05) is 0 Å². The summed E-state index contributed by atoms with van der Waals surface area (Å²) in [7, 11) is 0. The van der Waals surface area contributed by atoms with Gasteiger partial charge in [-0.3, -0.25) is 4.79 Å². The van der Waals surface area contributed by atoms with E-state index in [1.165, 1.54) is 10.9 Å². The number of aromatic hydroxyl groups is 1. The van der Waals surface area contributed by atoms with E-state index < -0.39 is 0 Å². The monoisotopic (exact) mass is 357 g/mol. The molecule has 0 aliphatic rings. The lowest BCUT2D eigenvalue weighted by molar-refractivity contribution is 0.475. The molecule has 6 heteroatoms. The molecule has 2 aromatic carbocycles. The lowest BCUT2D eigenvalue weighted by atomic mass is 10.2. The van der Waals surface area contributed by atoms with Gasteiger partial charge in [-0.1, -0.05) is 28.1 Å². The number of nitrogens with zero attached hydrogens (tertiary/aromatic N) is 3. The summed E-state index contributed by atoms with van der Waals surface area (Å²) in [5.41, 5.74) is 1.09. The first kappa shape index (κ1) is 14.5. The normalized spacial score (nSPS) is 11.4. The second-order valence-electron chi connectivity index (χ2n) is 4.78. The molecule has 0 bridgehead atoms. The zero-order valence-electron chi connectivity index (χ0n) is 11.7. The van der Waals surface area contributed by atoms with E-state index in [1.54, 1.807) is 43.3 Å². The summed E-state index contributed by atoms with van der Waals surface area (Å²) in [5.74, 6) is 0.643. The lowest BCUT2D eigenvalue weighted by Gasteiger charge is -2.05. The van der Waals surface area contributed by atoms with Crippen molar-refractivity contribution in [1.29, 1.82) is 0 Å². The number of aryl methyl sites for hydroxylation is 1. The molecule has 22 heavy (non-hydrogen) atoms. The molecule has 0 atom stereocenters. The summed E-state index contributed by atoms with van der Waals surface area (Å²) in [6.45, 7) is 1.72. The fraction of sp³-hybridized carbons (Fsp3) is 0.0625. The first-order valence-electron chi connectivity index (χ1n) is 6.57. The third kappa shape index (κ3) is 2.78. The Kier molecular flexibility index (Phi) is 3.77. The first-order valence-corrected chi connectivity index (χ1v) is 7.36. The van der Waals surface area contributed by atoms with Crippen LogP contribution in [-0.4, -0.2) is 21.0 Å². The van der Waals surface area contributed by atoms with Crippen molar-refractivity contribution >= 4 is 33.0 Å². The number of hydrogen-bond acceptors (Lipinski definition) is 4. The lowest BCUT2D eigenvalue weighted by Crippen LogP contribution is -2.20. The van der Waals surface area contributed by atoms with Crippen molar-refractivity contribution in [3.63, 3.8) is 0 Å². The van der Waals surface area contributed by atoms with Crippen LogP contribution in [0.3, 0.4) is 0 Å². The van der Waals surface area contributed by atoms with E-state index in [0.29, 0.717) is 22.3 Å². The average molecular weight is 358 g/mol. The Balaban J connectivity index is 2.12. The predicted molar refractivity (Wildman–Crippen MR) is 89.5 cm³/mol. The van der Waals surface area contributed by atoms with Crippen molar-refractivity contribution in [1.82, 2.24) is 9.66 Å². The number of hydrogen-bond donors (Lipinski definition) is 1.